The van der Waals surface area contributed by atoms with Crippen molar-refractivity contribution in [3.8, 4) is 0 Å². The number of anilines is 1. The molecule has 0 radical (unpaired) electrons. The average Bonchev–Trinajstić information content (AvgIpc) is 2.15. The average molecular weight is 246 g/mol. The molecular formula is C12H17F3N2. The minimum atomic E-state index is -4.38. The highest BCUT2D eigenvalue weighted by atomic mass is 19.4. The molecule has 1 aromatic rings. The van der Waals surface area contributed by atoms with Gasteiger partial charge in [0.05, 0.1) is 5.56 Å². The van der Waals surface area contributed by atoms with Crippen LogP contribution in [0.15, 0.2) is 18.3 Å². The van der Waals surface area contributed by atoms with Crippen molar-refractivity contribution in [2.24, 2.45) is 5.41 Å². The van der Waals surface area contributed by atoms with Crippen LogP contribution in [0, 0.1) is 5.41 Å². The quantitative estimate of drug-likeness (QED) is 0.854. The third-order valence-electron chi connectivity index (χ3n) is 2.77. The van der Waals surface area contributed by atoms with E-state index in [0.717, 1.165) is 6.07 Å². The lowest BCUT2D eigenvalue weighted by Crippen LogP contribution is -2.32. The van der Waals surface area contributed by atoms with Gasteiger partial charge in [-0.15, -0.1) is 0 Å². The molecule has 96 valence electrons. The zero-order chi connectivity index (χ0) is 13.3. The lowest BCUT2D eigenvalue weighted by molar-refractivity contribution is -0.137. The molecule has 5 heteroatoms. The largest absolute Gasteiger partial charge is 0.419 e. The second-order valence-corrected chi connectivity index (χ2v) is 5.13. The number of halogens is 3. The molecule has 2 nitrogen and oxygen atoms in total. The van der Waals surface area contributed by atoms with E-state index in [2.05, 4.69) is 10.3 Å². The Labute approximate surface area is 99.3 Å². The molecule has 0 bridgehead atoms. The Morgan fingerprint density at radius 1 is 1.24 bits per heavy atom. The highest BCUT2D eigenvalue weighted by molar-refractivity contribution is 5.46. The molecular weight excluding hydrogens is 229 g/mol. The Hall–Kier alpha value is -1.26. The van der Waals surface area contributed by atoms with Gasteiger partial charge in [-0.2, -0.15) is 13.2 Å². The highest BCUT2D eigenvalue weighted by Crippen LogP contribution is 2.34. The number of alkyl halides is 3. The van der Waals surface area contributed by atoms with Crippen LogP contribution in [0.25, 0.3) is 0 Å². The van der Waals surface area contributed by atoms with Gasteiger partial charge >= 0.3 is 6.18 Å². The van der Waals surface area contributed by atoms with Gasteiger partial charge in [-0.25, -0.2) is 4.98 Å². The number of nitrogens with one attached hydrogen (secondary N) is 1. The lowest BCUT2D eigenvalue weighted by Gasteiger charge is -2.29. The van der Waals surface area contributed by atoms with Gasteiger partial charge in [0, 0.05) is 12.2 Å². The molecule has 0 spiro atoms. The fourth-order valence-electron chi connectivity index (χ4n) is 1.17. The van der Waals surface area contributed by atoms with Gasteiger partial charge in [-0.05, 0) is 24.5 Å². The molecule has 0 fully saturated rings. The number of hydrogen-bond acceptors (Lipinski definition) is 2. The summed E-state index contributed by atoms with van der Waals surface area (Å²) in [6.07, 6.45) is -3.03. The van der Waals surface area contributed by atoms with Gasteiger partial charge in [-0.3, -0.25) is 0 Å². The van der Waals surface area contributed by atoms with Crippen LogP contribution >= 0.6 is 0 Å². The molecule has 0 aliphatic carbocycles. The fourth-order valence-corrected chi connectivity index (χ4v) is 1.17. The third-order valence-corrected chi connectivity index (χ3v) is 2.77. The summed E-state index contributed by atoms with van der Waals surface area (Å²) in [5.74, 6) is -0.109. The van der Waals surface area contributed by atoms with Gasteiger partial charge in [0.15, 0.2) is 0 Å². The maximum atomic E-state index is 12.7. The van der Waals surface area contributed by atoms with Gasteiger partial charge in [-0.1, -0.05) is 20.8 Å². The minimum absolute atomic E-state index is 0.109. The first-order valence-electron chi connectivity index (χ1n) is 5.41. The zero-order valence-electron chi connectivity index (χ0n) is 10.4. The zero-order valence-corrected chi connectivity index (χ0v) is 10.4. The van der Waals surface area contributed by atoms with Crippen molar-refractivity contribution in [1.29, 1.82) is 0 Å². The van der Waals surface area contributed by atoms with Gasteiger partial charge in [0.25, 0.3) is 0 Å². The number of rotatable bonds is 2. The maximum absolute atomic E-state index is 12.7. The van der Waals surface area contributed by atoms with Crippen molar-refractivity contribution in [3.05, 3.63) is 23.9 Å². The normalized spacial score (nSPS) is 14.5. The summed E-state index contributed by atoms with van der Waals surface area (Å²) in [5, 5.41) is 2.83. The van der Waals surface area contributed by atoms with E-state index in [0.29, 0.717) is 0 Å². The van der Waals surface area contributed by atoms with Crippen LogP contribution in [0.1, 0.15) is 33.3 Å². The van der Waals surface area contributed by atoms with E-state index < -0.39 is 11.7 Å². The van der Waals surface area contributed by atoms with Crippen LogP contribution in [0.4, 0.5) is 19.0 Å². The van der Waals surface area contributed by atoms with Crippen molar-refractivity contribution in [3.63, 3.8) is 0 Å². The molecule has 1 heterocycles. The van der Waals surface area contributed by atoms with E-state index in [-0.39, 0.29) is 17.3 Å². The van der Waals surface area contributed by atoms with Crippen LogP contribution in [0.2, 0.25) is 0 Å². The van der Waals surface area contributed by atoms with E-state index in [1.807, 2.05) is 27.7 Å². The van der Waals surface area contributed by atoms with Crippen LogP contribution in [0.3, 0.4) is 0 Å². The Morgan fingerprint density at radius 2 is 1.82 bits per heavy atom. The number of hydrogen-bond donors (Lipinski definition) is 1. The van der Waals surface area contributed by atoms with Crippen molar-refractivity contribution in [2.75, 3.05) is 5.32 Å². The first kappa shape index (κ1) is 13.8. The maximum Gasteiger partial charge on any atom is 0.419 e. The molecule has 17 heavy (non-hydrogen) atoms. The van der Waals surface area contributed by atoms with Gasteiger partial charge < -0.3 is 5.32 Å². The van der Waals surface area contributed by atoms with Gasteiger partial charge in [0.2, 0.25) is 0 Å². The SMILES string of the molecule is CC(Nc1ncccc1C(F)(F)F)C(C)(C)C. The molecule has 1 atom stereocenters. The monoisotopic (exact) mass is 246 g/mol. The van der Waals surface area contributed by atoms with Gasteiger partial charge in [0.1, 0.15) is 5.82 Å². The van der Waals surface area contributed by atoms with E-state index in [9.17, 15) is 13.2 Å². The topological polar surface area (TPSA) is 24.9 Å². The summed E-state index contributed by atoms with van der Waals surface area (Å²) in [4.78, 5) is 3.77. The molecule has 1 aromatic heterocycles. The van der Waals surface area contributed by atoms with Crippen LogP contribution in [-0.2, 0) is 6.18 Å². The second kappa shape index (κ2) is 4.55. The number of pyridine rings is 1. The van der Waals surface area contributed by atoms with Crippen LogP contribution in [0.5, 0.6) is 0 Å². The molecule has 0 aliphatic rings. The molecule has 1 unspecified atom stereocenters. The summed E-state index contributed by atoms with van der Waals surface area (Å²) < 4.78 is 38.1. The Bertz CT molecular complexity index is 380. The molecule has 1 N–H and O–H groups in total. The minimum Gasteiger partial charge on any atom is -0.367 e. The van der Waals surface area contributed by atoms with Crippen molar-refractivity contribution < 1.29 is 13.2 Å². The van der Waals surface area contributed by atoms with E-state index >= 15 is 0 Å². The third kappa shape index (κ3) is 3.61. The van der Waals surface area contributed by atoms with Crippen molar-refractivity contribution in [2.45, 2.75) is 39.9 Å². The molecule has 0 aliphatic heterocycles. The predicted octanol–water partition coefficient (Wildman–Crippen LogP) is 3.95. The highest BCUT2D eigenvalue weighted by Gasteiger charge is 2.35. The smallest absolute Gasteiger partial charge is 0.367 e. The summed E-state index contributed by atoms with van der Waals surface area (Å²) in [6, 6.07) is 2.21. The predicted molar refractivity (Wildman–Crippen MR) is 61.8 cm³/mol. The lowest BCUT2D eigenvalue weighted by atomic mass is 9.88. The van der Waals surface area contributed by atoms with Crippen molar-refractivity contribution >= 4 is 5.82 Å². The second-order valence-electron chi connectivity index (χ2n) is 5.13. The first-order chi connectivity index (χ1) is 7.62. The number of aromatic nitrogens is 1. The Kier molecular flexibility index (Phi) is 3.69. The summed E-state index contributed by atoms with van der Waals surface area (Å²) >= 11 is 0. The summed E-state index contributed by atoms with van der Waals surface area (Å²) in [5.41, 5.74) is -0.864. The standard InChI is InChI=1S/C12H17F3N2/c1-8(11(2,3)4)17-10-9(12(13,14)15)6-5-7-16-10/h5-8H,1-4H3,(H,16,17). The Balaban J connectivity index is 3.00. The van der Waals surface area contributed by atoms with Crippen LogP contribution in [-0.4, -0.2) is 11.0 Å². The fraction of sp³-hybridized carbons (Fsp3) is 0.583. The van der Waals surface area contributed by atoms with Crippen molar-refractivity contribution in [1.82, 2.24) is 4.98 Å². The Morgan fingerprint density at radius 3 is 2.29 bits per heavy atom. The molecule has 0 saturated carbocycles. The molecule has 0 saturated heterocycles. The van der Waals surface area contributed by atoms with E-state index in [1.165, 1.54) is 12.3 Å². The molecule has 0 amide bonds. The number of nitrogens with zero attached hydrogens (tertiary/aromatic N) is 1. The summed E-state index contributed by atoms with van der Waals surface area (Å²) in [6.45, 7) is 7.72. The first-order valence-corrected chi connectivity index (χ1v) is 5.41. The van der Waals surface area contributed by atoms with E-state index in [4.69, 9.17) is 0 Å². The summed E-state index contributed by atoms with van der Waals surface area (Å²) in [7, 11) is 0. The molecule has 0 aromatic carbocycles. The van der Waals surface area contributed by atoms with E-state index in [1.54, 1.807) is 0 Å². The van der Waals surface area contributed by atoms with Crippen LogP contribution < -0.4 is 5.32 Å². The molecule has 1 rings (SSSR count).